The van der Waals surface area contributed by atoms with Crippen molar-refractivity contribution in [3.63, 3.8) is 0 Å². The number of anilines is 1. The van der Waals surface area contributed by atoms with Gasteiger partial charge in [0, 0.05) is 24.3 Å². The molecule has 0 fully saturated rings. The smallest absolute Gasteiger partial charge is 0.335 e. The minimum atomic E-state index is -1.09. The molecule has 0 aliphatic heterocycles. The highest BCUT2D eigenvalue weighted by Crippen LogP contribution is 2.19. The summed E-state index contributed by atoms with van der Waals surface area (Å²) in [4.78, 5) is 24.1. The van der Waals surface area contributed by atoms with E-state index >= 15 is 0 Å². The number of benzene rings is 1. The molecule has 0 atom stereocenters. The summed E-state index contributed by atoms with van der Waals surface area (Å²) in [5.41, 5.74) is 0.406. The lowest BCUT2D eigenvalue weighted by Gasteiger charge is -2.17. The maximum Gasteiger partial charge on any atom is 0.335 e. The number of nitrogens with one attached hydrogen (secondary N) is 1. The second kappa shape index (κ2) is 6.26. The molecule has 0 saturated carbocycles. The van der Waals surface area contributed by atoms with Crippen LogP contribution < -0.4 is 5.32 Å². The lowest BCUT2D eigenvalue weighted by Crippen LogP contribution is -2.31. The van der Waals surface area contributed by atoms with Crippen LogP contribution in [0.3, 0.4) is 0 Å². The zero-order valence-electron chi connectivity index (χ0n) is 10.2. The van der Waals surface area contributed by atoms with Crippen LogP contribution in [0.1, 0.15) is 23.7 Å². The van der Waals surface area contributed by atoms with E-state index in [-0.39, 0.29) is 16.6 Å². The average Bonchev–Trinajstić information content (AvgIpc) is 2.28. The van der Waals surface area contributed by atoms with Gasteiger partial charge in [-0.3, -0.25) is 0 Å². The largest absolute Gasteiger partial charge is 0.478 e. The maximum atomic E-state index is 11.7. The fourth-order valence-electron chi connectivity index (χ4n) is 1.44. The van der Waals surface area contributed by atoms with E-state index in [1.807, 2.05) is 6.92 Å². The van der Waals surface area contributed by atoms with Crippen LogP contribution in [0.25, 0.3) is 0 Å². The Morgan fingerprint density at radius 3 is 2.61 bits per heavy atom. The predicted molar refractivity (Wildman–Crippen MR) is 70.4 cm³/mol. The molecule has 0 radical (unpaired) electrons. The molecule has 18 heavy (non-hydrogen) atoms. The Labute approximate surface area is 110 Å². The molecule has 0 bridgehead atoms. The standard InChI is InChI=1S/C12H15ClN2O3/c1-3-4-15(2)12(18)14-10-6-8(11(16)17)5-9(13)7-10/h5-7H,3-4H2,1-2H3,(H,14,18)(H,16,17). The quantitative estimate of drug-likeness (QED) is 0.884. The summed E-state index contributed by atoms with van der Waals surface area (Å²) in [6.07, 6.45) is 0.847. The Balaban J connectivity index is 2.84. The van der Waals surface area contributed by atoms with E-state index < -0.39 is 5.97 Å². The van der Waals surface area contributed by atoms with Crippen LogP contribution >= 0.6 is 11.6 Å². The zero-order chi connectivity index (χ0) is 13.7. The first-order valence-corrected chi connectivity index (χ1v) is 5.88. The third-order valence-electron chi connectivity index (χ3n) is 2.30. The number of carboxylic acid groups (broad SMARTS) is 1. The molecule has 2 N–H and O–H groups in total. The molecule has 5 nitrogen and oxygen atoms in total. The Morgan fingerprint density at radius 1 is 1.39 bits per heavy atom. The van der Waals surface area contributed by atoms with Gasteiger partial charge in [0.2, 0.25) is 0 Å². The van der Waals surface area contributed by atoms with Gasteiger partial charge in [0.05, 0.1) is 5.56 Å². The maximum absolute atomic E-state index is 11.7. The van der Waals surface area contributed by atoms with Gasteiger partial charge in [0.25, 0.3) is 0 Å². The number of amides is 2. The summed E-state index contributed by atoms with van der Waals surface area (Å²) < 4.78 is 0. The fraction of sp³-hybridized carbons (Fsp3) is 0.333. The molecule has 0 unspecified atom stereocenters. The van der Waals surface area contributed by atoms with Gasteiger partial charge in [-0.15, -0.1) is 0 Å². The second-order valence-corrected chi connectivity index (χ2v) is 4.32. The Morgan fingerprint density at radius 2 is 2.06 bits per heavy atom. The van der Waals surface area contributed by atoms with Crippen LogP contribution in [0.5, 0.6) is 0 Å². The molecule has 98 valence electrons. The molecular weight excluding hydrogens is 256 g/mol. The van der Waals surface area contributed by atoms with E-state index in [0.29, 0.717) is 12.2 Å². The van der Waals surface area contributed by atoms with Crippen LogP contribution in [0.15, 0.2) is 18.2 Å². The molecule has 6 heteroatoms. The van der Waals surface area contributed by atoms with E-state index in [2.05, 4.69) is 5.32 Å². The number of hydrogen-bond donors (Lipinski definition) is 2. The number of aromatic carboxylic acids is 1. The molecule has 0 aliphatic carbocycles. The molecule has 2 amide bonds. The SMILES string of the molecule is CCCN(C)C(=O)Nc1cc(Cl)cc(C(=O)O)c1. The van der Waals surface area contributed by atoms with Crippen LogP contribution in [0, 0.1) is 0 Å². The lowest BCUT2D eigenvalue weighted by atomic mass is 10.2. The van der Waals surface area contributed by atoms with Gasteiger partial charge >= 0.3 is 12.0 Å². The van der Waals surface area contributed by atoms with Crippen molar-refractivity contribution in [3.8, 4) is 0 Å². The Hall–Kier alpha value is -1.75. The highest BCUT2D eigenvalue weighted by atomic mass is 35.5. The molecule has 0 aliphatic rings. The number of rotatable bonds is 4. The van der Waals surface area contributed by atoms with Crippen molar-refractivity contribution in [2.45, 2.75) is 13.3 Å². The van der Waals surface area contributed by atoms with E-state index in [1.54, 1.807) is 7.05 Å². The summed E-state index contributed by atoms with van der Waals surface area (Å²) in [5.74, 6) is -1.09. The van der Waals surface area contributed by atoms with Gasteiger partial charge in [0.15, 0.2) is 0 Å². The number of hydrogen-bond acceptors (Lipinski definition) is 2. The van der Waals surface area contributed by atoms with Gasteiger partial charge in [-0.2, -0.15) is 0 Å². The highest BCUT2D eigenvalue weighted by molar-refractivity contribution is 6.31. The summed E-state index contributed by atoms with van der Waals surface area (Å²) in [6, 6.07) is 3.91. The fourth-order valence-corrected chi connectivity index (χ4v) is 1.68. The van der Waals surface area contributed by atoms with Crippen LogP contribution in [-0.2, 0) is 0 Å². The Bertz CT molecular complexity index is 463. The average molecular weight is 271 g/mol. The van der Waals surface area contributed by atoms with Gasteiger partial charge in [0.1, 0.15) is 0 Å². The third-order valence-corrected chi connectivity index (χ3v) is 2.52. The van der Waals surface area contributed by atoms with E-state index in [1.165, 1.54) is 23.1 Å². The predicted octanol–water partition coefficient (Wildman–Crippen LogP) is 2.91. The monoisotopic (exact) mass is 270 g/mol. The van der Waals surface area contributed by atoms with Gasteiger partial charge in [-0.1, -0.05) is 18.5 Å². The Kier molecular flexibility index (Phi) is 4.97. The van der Waals surface area contributed by atoms with Crippen molar-refractivity contribution >= 4 is 29.3 Å². The van der Waals surface area contributed by atoms with E-state index in [0.717, 1.165) is 6.42 Å². The molecule has 1 aromatic carbocycles. The molecular formula is C12H15ClN2O3. The molecule has 0 aromatic heterocycles. The molecule has 0 heterocycles. The summed E-state index contributed by atoms with van der Waals surface area (Å²) >= 11 is 5.79. The molecule has 1 aromatic rings. The zero-order valence-corrected chi connectivity index (χ0v) is 11.0. The minimum Gasteiger partial charge on any atom is -0.478 e. The molecule has 0 spiro atoms. The number of nitrogens with zero attached hydrogens (tertiary/aromatic N) is 1. The molecule has 0 saturated heterocycles. The first-order chi connectivity index (χ1) is 8.43. The van der Waals surface area contributed by atoms with Crippen molar-refractivity contribution in [1.29, 1.82) is 0 Å². The number of carbonyl (C=O) groups is 2. The van der Waals surface area contributed by atoms with Crippen molar-refractivity contribution < 1.29 is 14.7 Å². The number of urea groups is 1. The topological polar surface area (TPSA) is 69.6 Å². The van der Waals surface area contributed by atoms with E-state index in [4.69, 9.17) is 16.7 Å². The normalized spacial score (nSPS) is 9.94. The van der Waals surface area contributed by atoms with Crippen molar-refractivity contribution in [1.82, 2.24) is 4.90 Å². The lowest BCUT2D eigenvalue weighted by molar-refractivity contribution is 0.0697. The minimum absolute atomic E-state index is 0.0379. The first-order valence-electron chi connectivity index (χ1n) is 5.50. The number of halogens is 1. The van der Waals surface area contributed by atoms with Crippen LogP contribution in [-0.4, -0.2) is 35.6 Å². The van der Waals surface area contributed by atoms with Gasteiger partial charge in [-0.25, -0.2) is 9.59 Å². The van der Waals surface area contributed by atoms with Gasteiger partial charge < -0.3 is 15.3 Å². The van der Waals surface area contributed by atoms with Crippen LogP contribution in [0.4, 0.5) is 10.5 Å². The summed E-state index contributed by atoms with van der Waals surface area (Å²) in [7, 11) is 1.67. The van der Waals surface area contributed by atoms with Crippen LogP contribution in [0.2, 0.25) is 5.02 Å². The second-order valence-electron chi connectivity index (χ2n) is 3.89. The van der Waals surface area contributed by atoms with Crippen molar-refractivity contribution in [3.05, 3.63) is 28.8 Å². The van der Waals surface area contributed by atoms with Crippen molar-refractivity contribution in [2.24, 2.45) is 0 Å². The summed E-state index contributed by atoms with van der Waals surface area (Å²) in [6.45, 7) is 2.59. The molecule has 1 rings (SSSR count). The summed E-state index contributed by atoms with van der Waals surface area (Å²) in [5, 5.41) is 11.7. The number of carbonyl (C=O) groups excluding carboxylic acids is 1. The highest BCUT2D eigenvalue weighted by Gasteiger charge is 2.11. The first kappa shape index (κ1) is 14.3. The number of carboxylic acids is 1. The van der Waals surface area contributed by atoms with Gasteiger partial charge in [-0.05, 0) is 24.6 Å². The van der Waals surface area contributed by atoms with Crippen molar-refractivity contribution in [2.75, 3.05) is 18.9 Å². The third kappa shape index (κ3) is 3.92. The van der Waals surface area contributed by atoms with E-state index in [9.17, 15) is 9.59 Å².